The molecule has 0 fully saturated rings. The minimum Gasteiger partial charge on any atom is -0.503 e. The molecule has 0 bridgehead atoms. The van der Waals surface area contributed by atoms with E-state index < -0.39 is 0 Å². The monoisotopic (exact) mass is 337 g/mol. The van der Waals surface area contributed by atoms with Crippen LogP contribution in [0.2, 0.25) is 0 Å². The predicted octanol–water partition coefficient (Wildman–Crippen LogP) is 4.68. The molecule has 0 atom stereocenters. The Morgan fingerprint density at radius 1 is 1.26 bits per heavy atom. The number of aryl methyl sites for hydroxylation is 1. The highest BCUT2D eigenvalue weighted by Crippen LogP contribution is 2.52. The van der Waals surface area contributed by atoms with Crippen LogP contribution in [0.15, 0.2) is 38.5 Å². The molecule has 0 amide bonds. The summed E-state index contributed by atoms with van der Waals surface area (Å²) < 4.78 is 5.83. The number of halogens is 1. The SMILES string of the molecule is COc1cc2c(c(Br)c1O)Sc1cc(C)ccc1N2. The van der Waals surface area contributed by atoms with Gasteiger partial charge in [-0.2, -0.15) is 0 Å². The van der Waals surface area contributed by atoms with Crippen LogP contribution < -0.4 is 10.1 Å². The number of hydrogen-bond donors (Lipinski definition) is 2. The van der Waals surface area contributed by atoms with E-state index in [1.165, 1.54) is 5.56 Å². The molecular formula is C14H12BrNO2S. The molecule has 3 nitrogen and oxygen atoms in total. The van der Waals surface area contributed by atoms with Crippen molar-refractivity contribution in [2.45, 2.75) is 16.7 Å². The normalized spacial score (nSPS) is 12.4. The van der Waals surface area contributed by atoms with Crippen LogP contribution in [0.1, 0.15) is 5.56 Å². The summed E-state index contributed by atoms with van der Waals surface area (Å²) in [6.07, 6.45) is 0. The Hall–Kier alpha value is -1.33. The van der Waals surface area contributed by atoms with Crippen LogP contribution in [0.3, 0.4) is 0 Å². The molecule has 0 aromatic heterocycles. The number of fused-ring (bicyclic) bond motifs is 2. The molecule has 0 saturated carbocycles. The number of phenols is 1. The van der Waals surface area contributed by atoms with Crippen LogP contribution in [-0.2, 0) is 0 Å². The molecule has 0 unspecified atom stereocenters. The maximum atomic E-state index is 10.0. The number of nitrogens with one attached hydrogen (secondary N) is 1. The van der Waals surface area contributed by atoms with Crippen molar-refractivity contribution in [2.24, 2.45) is 0 Å². The van der Waals surface area contributed by atoms with E-state index >= 15 is 0 Å². The zero-order valence-corrected chi connectivity index (χ0v) is 12.9. The molecule has 5 heteroatoms. The molecule has 2 N–H and O–H groups in total. The second kappa shape index (κ2) is 4.65. The van der Waals surface area contributed by atoms with Crippen LogP contribution in [0, 0.1) is 6.92 Å². The van der Waals surface area contributed by atoms with Gasteiger partial charge in [-0.25, -0.2) is 0 Å². The van der Waals surface area contributed by atoms with Gasteiger partial charge in [-0.1, -0.05) is 17.8 Å². The van der Waals surface area contributed by atoms with Gasteiger partial charge in [-0.3, -0.25) is 0 Å². The number of ether oxygens (including phenoxy) is 1. The predicted molar refractivity (Wildman–Crippen MR) is 80.9 cm³/mol. The van der Waals surface area contributed by atoms with Crippen molar-refractivity contribution in [2.75, 3.05) is 12.4 Å². The third-order valence-electron chi connectivity index (χ3n) is 3.00. The van der Waals surface area contributed by atoms with Gasteiger partial charge in [0.1, 0.15) is 0 Å². The molecule has 1 heterocycles. The quantitative estimate of drug-likeness (QED) is 0.632. The molecule has 2 aromatic carbocycles. The van der Waals surface area contributed by atoms with Crippen molar-refractivity contribution in [3.05, 3.63) is 34.3 Å². The van der Waals surface area contributed by atoms with E-state index in [9.17, 15) is 5.11 Å². The van der Waals surface area contributed by atoms with E-state index in [2.05, 4.69) is 46.4 Å². The van der Waals surface area contributed by atoms with Gasteiger partial charge in [0.2, 0.25) is 0 Å². The first-order chi connectivity index (χ1) is 9.10. The summed E-state index contributed by atoms with van der Waals surface area (Å²) in [5.74, 6) is 0.584. The smallest absolute Gasteiger partial charge is 0.173 e. The average Bonchev–Trinajstić information content (AvgIpc) is 2.41. The number of anilines is 2. The van der Waals surface area contributed by atoms with Gasteiger partial charge >= 0.3 is 0 Å². The van der Waals surface area contributed by atoms with E-state index in [-0.39, 0.29) is 5.75 Å². The van der Waals surface area contributed by atoms with Crippen molar-refractivity contribution in [3.63, 3.8) is 0 Å². The van der Waals surface area contributed by atoms with Crippen molar-refractivity contribution >= 4 is 39.1 Å². The highest BCUT2D eigenvalue weighted by molar-refractivity contribution is 9.10. The lowest BCUT2D eigenvalue weighted by molar-refractivity contribution is 0.371. The fraction of sp³-hybridized carbons (Fsp3) is 0.143. The molecule has 3 rings (SSSR count). The Bertz CT molecular complexity index is 673. The minimum absolute atomic E-state index is 0.131. The maximum Gasteiger partial charge on any atom is 0.173 e. The second-order valence-corrected chi connectivity index (χ2v) is 6.19. The van der Waals surface area contributed by atoms with Crippen LogP contribution in [0.5, 0.6) is 11.5 Å². The number of methoxy groups -OCH3 is 1. The summed E-state index contributed by atoms with van der Waals surface area (Å²) in [6.45, 7) is 2.07. The van der Waals surface area contributed by atoms with E-state index in [0.29, 0.717) is 10.2 Å². The molecule has 0 aliphatic carbocycles. The Labute approximate surface area is 124 Å². The van der Waals surface area contributed by atoms with Crippen LogP contribution in [0.4, 0.5) is 11.4 Å². The first-order valence-corrected chi connectivity index (χ1v) is 7.36. The largest absolute Gasteiger partial charge is 0.503 e. The molecule has 1 aliphatic heterocycles. The van der Waals surface area contributed by atoms with Gasteiger partial charge in [-0.05, 0) is 40.5 Å². The molecule has 0 spiro atoms. The second-order valence-electron chi connectivity index (χ2n) is 4.34. The molecular weight excluding hydrogens is 326 g/mol. The number of benzene rings is 2. The Kier molecular flexibility index (Phi) is 3.11. The number of aromatic hydroxyl groups is 1. The lowest BCUT2D eigenvalue weighted by Crippen LogP contribution is -2.01. The van der Waals surface area contributed by atoms with Crippen molar-refractivity contribution in [3.8, 4) is 11.5 Å². The molecule has 0 saturated heterocycles. The molecule has 0 radical (unpaired) electrons. The lowest BCUT2D eigenvalue weighted by Gasteiger charge is -2.23. The highest BCUT2D eigenvalue weighted by atomic mass is 79.9. The van der Waals surface area contributed by atoms with Crippen LogP contribution in [-0.4, -0.2) is 12.2 Å². The van der Waals surface area contributed by atoms with Crippen LogP contribution >= 0.6 is 27.7 Å². The minimum atomic E-state index is 0.131. The summed E-state index contributed by atoms with van der Waals surface area (Å²) >= 11 is 5.07. The molecule has 1 aliphatic rings. The average molecular weight is 338 g/mol. The topological polar surface area (TPSA) is 41.5 Å². The Morgan fingerprint density at radius 2 is 2.05 bits per heavy atom. The Morgan fingerprint density at radius 3 is 2.79 bits per heavy atom. The standard InChI is InChI=1S/C14H12BrNO2S/c1-7-3-4-8-11(5-7)19-14-9(16-8)6-10(18-2)13(17)12(14)15/h3-6,16-17H,1-2H3. The molecule has 98 valence electrons. The first kappa shape index (κ1) is 12.7. The van der Waals surface area contributed by atoms with Crippen molar-refractivity contribution < 1.29 is 9.84 Å². The van der Waals surface area contributed by atoms with Gasteiger partial charge in [-0.15, -0.1) is 0 Å². The fourth-order valence-corrected chi connectivity index (χ4v) is 3.77. The van der Waals surface area contributed by atoms with Crippen molar-refractivity contribution in [1.29, 1.82) is 0 Å². The molecule has 19 heavy (non-hydrogen) atoms. The zero-order chi connectivity index (χ0) is 13.6. The van der Waals surface area contributed by atoms with E-state index in [1.54, 1.807) is 18.9 Å². The van der Waals surface area contributed by atoms with Crippen molar-refractivity contribution in [1.82, 2.24) is 0 Å². The number of phenolic OH excluding ortho intramolecular Hbond substituents is 1. The van der Waals surface area contributed by atoms with Gasteiger partial charge in [0.05, 0.1) is 27.9 Å². The van der Waals surface area contributed by atoms with Crippen LogP contribution in [0.25, 0.3) is 0 Å². The zero-order valence-electron chi connectivity index (χ0n) is 10.5. The highest BCUT2D eigenvalue weighted by Gasteiger charge is 2.22. The fourth-order valence-electron chi connectivity index (χ4n) is 2.02. The van der Waals surface area contributed by atoms with Gasteiger partial charge in [0.15, 0.2) is 11.5 Å². The third kappa shape index (κ3) is 2.07. The van der Waals surface area contributed by atoms with E-state index in [4.69, 9.17) is 4.74 Å². The summed E-state index contributed by atoms with van der Waals surface area (Å²) in [6, 6.07) is 8.08. The summed E-state index contributed by atoms with van der Waals surface area (Å²) in [7, 11) is 1.54. The number of rotatable bonds is 1. The Balaban J connectivity index is 2.14. The summed E-state index contributed by atoms with van der Waals surface area (Å²) in [5.41, 5.74) is 3.22. The summed E-state index contributed by atoms with van der Waals surface area (Å²) in [5, 5.41) is 13.4. The van der Waals surface area contributed by atoms with E-state index in [1.807, 2.05) is 6.07 Å². The van der Waals surface area contributed by atoms with Gasteiger partial charge in [0, 0.05) is 11.0 Å². The number of hydrogen-bond acceptors (Lipinski definition) is 4. The van der Waals surface area contributed by atoms with E-state index in [0.717, 1.165) is 21.2 Å². The van der Waals surface area contributed by atoms with Gasteiger partial charge < -0.3 is 15.2 Å². The van der Waals surface area contributed by atoms with Gasteiger partial charge in [0.25, 0.3) is 0 Å². The molecule has 2 aromatic rings. The first-order valence-electron chi connectivity index (χ1n) is 5.75. The third-order valence-corrected chi connectivity index (χ3v) is 5.22. The maximum absolute atomic E-state index is 10.0. The summed E-state index contributed by atoms with van der Waals surface area (Å²) in [4.78, 5) is 2.12. The lowest BCUT2D eigenvalue weighted by atomic mass is 10.2.